The molecule has 0 atom stereocenters. The second-order valence-corrected chi connectivity index (χ2v) is 4.00. The molecule has 18 heavy (non-hydrogen) atoms. The highest BCUT2D eigenvalue weighted by atomic mass is 15.4. The topological polar surface area (TPSA) is 71.4 Å². The van der Waals surface area contributed by atoms with Crippen LogP contribution in [0.1, 0.15) is 12.6 Å². The van der Waals surface area contributed by atoms with Crippen molar-refractivity contribution in [2.45, 2.75) is 20.0 Å². The van der Waals surface area contributed by atoms with Crippen LogP contribution in [-0.2, 0) is 13.1 Å². The smallest absolute Gasteiger partial charge is 0.201 e. The fraction of sp³-hybridized carbons (Fsp3) is 0.250. The number of aryl methyl sites for hydroxylation is 1. The molecule has 0 radical (unpaired) electrons. The van der Waals surface area contributed by atoms with Gasteiger partial charge in [-0.1, -0.05) is 17.3 Å². The van der Waals surface area contributed by atoms with E-state index in [9.17, 15) is 0 Å². The first kappa shape index (κ1) is 10.8. The lowest BCUT2D eigenvalue weighted by molar-refractivity contribution is 0.601. The summed E-state index contributed by atoms with van der Waals surface area (Å²) in [4.78, 5) is 7.67. The number of benzene rings is 1. The van der Waals surface area contributed by atoms with Crippen molar-refractivity contribution in [2.75, 3.05) is 5.32 Å². The molecule has 0 fully saturated rings. The van der Waals surface area contributed by atoms with E-state index in [4.69, 9.17) is 0 Å². The first-order valence-electron chi connectivity index (χ1n) is 5.93. The van der Waals surface area contributed by atoms with Crippen LogP contribution in [0.2, 0.25) is 0 Å². The number of H-pyrrole nitrogens is 1. The number of imidazole rings is 1. The summed E-state index contributed by atoms with van der Waals surface area (Å²) >= 11 is 0. The highest BCUT2D eigenvalue weighted by molar-refractivity contribution is 5.77. The van der Waals surface area contributed by atoms with Gasteiger partial charge in [0.05, 0.1) is 29.5 Å². The average molecular weight is 242 g/mol. The van der Waals surface area contributed by atoms with Crippen LogP contribution in [0.15, 0.2) is 30.5 Å². The van der Waals surface area contributed by atoms with Crippen molar-refractivity contribution >= 4 is 17.0 Å². The van der Waals surface area contributed by atoms with Gasteiger partial charge in [-0.15, -0.1) is 5.10 Å². The van der Waals surface area contributed by atoms with E-state index < -0.39 is 0 Å². The summed E-state index contributed by atoms with van der Waals surface area (Å²) in [5.41, 5.74) is 3.03. The molecule has 92 valence electrons. The molecule has 0 bridgehead atoms. The zero-order valence-electron chi connectivity index (χ0n) is 10.1. The van der Waals surface area contributed by atoms with Gasteiger partial charge in [-0.3, -0.25) is 0 Å². The molecule has 2 N–H and O–H groups in total. The van der Waals surface area contributed by atoms with Crippen molar-refractivity contribution in [3.05, 3.63) is 36.2 Å². The van der Waals surface area contributed by atoms with E-state index in [0.717, 1.165) is 29.2 Å². The maximum Gasteiger partial charge on any atom is 0.201 e. The Hall–Kier alpha value is -2.37. The third-order valence-corrected chi connectivity index (χ3v) is 2.82. The molecular weight excluding hydrogens is 228 g/mol. The van der Waals surface area contributed by atoms with Gasteiger partial charge in [0.2, 0.25) is 5.95 Å². The van der Waals surface area contributed by atoms with E-state index in [1.54, 1.807) is 6.20 Å². The van der Waals surface area contributed by atoms with E-state index in [1.807, 2.05) is 35.9 Å². The maximum absolute atomic E-state index is 4.45. The average Bonchev–Trinajstić information content (AvgIpc) is 3.01. The maximum atomic E-state index is 4.45. The number of aromatic amines is 1. The molecule has 0 saturated carbocycles. The van der Waals surface area contributed by atoms with Crippen LogP contribution in [0.4, 0.5) is 5.95 Å². The van der Waals surface area contributed by atoms with Gasteiger partial charge in [0, 0.05) is 6.54 Å². The fourth-order valence-corrected chi connectivity index (χ4v) is 1.89. The van der Waals surface area contributed by atoms with Crippen LogP contribution < -0.4 is 5.32 Å². The Kier molecular flexibility index (Phi) is 2.68. The third-order valence-electron chi connectivity index (χ3n) is 2.82. The second-order valence-electron chi connectivity index (χ2n) is 4.00. The number of nitrogens with zero attached hydrogens (tertiary/aromatic N) is 4. The molecule has 0 aliphatic rings. The van der Waals surface area contributed by atoms with Gasteiger partial charge in [-0.05, 0) is 19.1 Å². The van der Waals surface area contributed by atoms with Crippen molar-refractivity contribution in [1.29, 1.82) is 0 Å². The summed E-state index contributed by atoms with van der Waals surface area (Å²) in [5, 5.41) is 11.1. The van der Waals surface area contributed by atoms with Crippen molar-refractivity contribution in [3.63, 3.8) is 0 Å². The van der Waals surface area contributed by atoms with Crippen molar-refractivity contribution in [3.8, 4) is 0 Å². The lowest BCUT2D eigenvalue weighted by atomic mass is 10.3. The number of hydrogen-bond donors (Lipinski definition) is 2. The number of para-hydroxylation sites is 2. The summed E-state index contributed by atoms with van der Waals surface area (Å²) in [6.07, 6.45) is 1.76. The minimum atomic E-state index is 0.653. The molecule has 0 saturated heterocycles. The Morgan fingerprint density at radius 2 is 2.22 bits per heavy atom. The van der Waals surface area contributed by atoms with Crippen LogP contribution >= 0.6 is 0 Å². The quantitative estimate of drug-likeness (QED) is 0.731. The van der Waals surface area contributed by atoms with Crippen LogP contribution in [0, 0.1) is 0 Å². The molecule has 1 aromatic carbocycles. The number of nitrogens with one attached hydrogen (secondary N) is 2. The van der Waals surface area contributed by atoms with Gasteiger partial charge in [0.15, 0.2) is 0 Å². The van der Waals surface area contributed by atoms with Crippen LogP contribution in [-0.4, -0.2) is 25.0 Å². The van der Waals surface area contributed by atoms with Crippen LogP contribution in [0.3, 0.4) is 0 Å². The summed E-state index contributed by atoms with van der Waals surface area (Å²) in [6.45, 7) is 3.51. The molecular formula is C12H14N6. The molecule has 0 aliphatic carbocycles. The van der Waals surface area contributed by atoms with Gasteiger partial charge in [0.25, 0.3) is 0 Å². The van der Waals surface area contributed by atoms with E-state index in [1.165, 1.54) is 0 Å². The van der Waals surface area contributed by atoms with Gasteiger partial charge in [-0.2, -0.15) is 0 Å². The normalized spacial score (nSPS) is 10.9. The highest BCUT2D eigenvalue weighted by Crippen LogP contribution is 2.13. The number of fused-ring (bicyclic) bond motifs is 1. The minimum Gasteiger partial charge on any atom is -0.350 e. The summed E-state index contributed by atoms with van der Waals surface area (Å²) < 4.78 is 1.86. The monoisotopic (exact) mass is 242 g/mol. The molecule has 0 spiro atoms. The molecule has 3 rings (SSSR count). The number of anilines is 1. The van der Waals surface area contributed by atoms with Crippen LogP contribution in [0.5, 0.6) is 0 Å². The van der Waals surface area contributed by atoms with Crippen molar-refractivity contribution in [1.82, 2.24) is 25.0 Å². The molecule has 3 aromatic rings. The van der Waals surface area contributed by atoms with Gasteiger partial charge >= 0.3 is 0 Å². The summed E-state index contributed by atoms with van der Waals surface area (Å²) in [6, 6.07) is 7.95. The Morgan fingerprint density at radius 1 is 1.33 bits per heavy atom. The largest absolute Gasteiger partial charge is 0.350 e. The molecule has 6 heteroatoms. The Morgan fingerprint density at radius 3 is 3.06 bits per heavy atom. The third kappa shape index (κ3) is 1.92. The predicted octanol–water partition coefficient (Wildman–Crippen LogP) is 1.79. The lowest BCUT2D eigenvalue weighted by Gasteiger charge is -2.03. The Balaban J connectivity index is 1.77. The fourth-order valence-electron chi connectivity index (χ4n) is 1.89. The highest BCUT2D eigenvalue weighted by Gasteiger charge is 2.04. The summed E-state index contributed by atoms with van der Waals surface area (Å²) in [7, 11) is 0. The molecule has 2 aromatic heterocycles. The number of rotatable bonds is 4. The first-order valence-corrected chi connectivity index (χ1v) is 5.93. The number of aromatic nitrogens is 5. The molecule has 0 amide bonds. The zero-order valence-corrected chi connectivity index (χ0v) is 10.1. The van der Waals surface area contributed by atoms with E-state index in [0.29, 0.717) is 6.54 Å². The summed E-state index contributed by atoms with van der Waals surface area (Å²) in [5.74, 6) is 0.764. The minimum absolute atomic E-state index is 0.653. The Labute approximate surface area is 104 Å². The first-order chi connectivity index (χ1) is 8.86. The SMILES string of the molecule is CCn1nncc1CNc1nc2ccccc2[nH]1. The lowest BCUT2D eigenvalue weighted by Crippen LogP contribution is -2.08. The predicted molar refractivity (Wildman–Crippen MR) is 69.1 cm³/mol. The van der Waals surface area contributed by atoms with E-state index in [-0.39, 0.29) is 0 Å². The number of hydrogen-bond acceptors (Lipinski definition) is 4. The molecule has 6 nitrogen and oxygen atoms in total. The van der Waals surface area contributed by atoms with Crippen molar-refractivity contribution in [2.24, 2.45) is 0 Å². The van der Waals surface area contributed by atoms with Crippen LogP contribution in [0.25, 0.3) is 11.0 Å². The van der Waals surface area contributed by atoms with E-state index in [2.05, 4.69) is 25.6 Å². The molecule has 2 heterocycles. The molecule has 0 aliphatic heterocycles. The van der Waals surface area contributed by atoms with Gasteiger partial charge in [-0.25, -0.2) is 9.67 Å². The van der Waals surface area contributed by atoms with E-state index >= 15 is 0 Å². The van der Waals surface area contributed by atoms with Gasteiger partial charge < -0.3 is 10.3 Å². The zero-order chi connectivity index (χ0) is 12.4. The Bertz CT molecular complexity index is 620. The second kappa shape index (κ2) is 4.48. The molecule has 0 unspecified atom stereocenters. The standard InChI is InChI=1S/C12H14N6/c1-2-18-9(8-14-17-18)7-13-12-15-10-5-3-4-6-11(10)16-12/h3-6,8H,2,7H2,1H3,(H2,13,15,16). The van der Waals surface area contributed by atoms with Gasteiger partial charge in [0.1, 0.15) is 0 Å². The van der Waals surface area contributed by atoms with Crippen molar-refractivity contribution < 1.29 is 0 Å².